The summed E-state index contributed by atoms with van der Waals surface area (Å²) in [5, 5.41) is 11.7. The summed E-state index contributed by atoms with van der Waals surface area (Å²) >= 11 is 1.62. The number of rotatable bonds is 4. The van der Waals surface area contributed by atoms with Gasteiger partial charge in [-0.25, -0.2) is 4.98 Å². The minimum atomic E-state index is -0.805. The van der Waals surface area contributed by atoms with Crippen LogP contribution in [-0.4, -0.2) is 46.8 Å². The molecule has 0 aliphatic carbocycles. The first-order chi connectivity index (χ1) is 7.74. The molecule has 5 nitrogen and oxygen atoms in total. The summed E-state index contributed by atoms with van der Waals surface area (Å²) in [4.78, 5) is 17.0. The number of hydrogen-bond acceptors (Lipinski definition) is 5. The Bertz CT molecular complexity index is 342. The lowest BCUT2D eigenvalue weighted by atomic mass is 10.2. The average Bonchev–Trinajstić information content (AvgIpc) is 2.70. The summed E-state index contributed by atoms with van der Waals surface area (Å²) < 4.78 is 5.40. The molecule has 0 aromatic carbocycles. The Labute approximate surface area is 97.7 Å². The minimum Gasteiger partial charge on any atom is -0.481 e. The highest BCUT2D eigenvalue weighted by atomic mass is 32.1. The predicted octanol–water partition coefficient (Wildman–Crippen LogP) is 0.819. The van der Waals surface area contributed by atoms with Gasteiger partial charge in [0.25, 0.3) is 0 Å². The van der Waals surface area contributed by atoms with Gasteiger partial charge in [-0.2, -0.15) is 0 Å². The van der Waals surface area contributed by atoms with Gasteiger partial charge in [0.15, 0.2) is 0 Å². The predicted molar refractivity (Wildman–Crippen MR) is 59.4 cm³/mol. The van der Waals surface area contributed by atoms with E-state index in [4.69, 9.17) is 9.84 Å². The van der Waals surface area contributed by atoms with Gasteiger partial charge in [0.05, 0.1) is 25.7 Å². The maximum absolute atomic E-state index is 10.6. The standard InChI is InChI=1S/C10H14N2O3S/c13-10(14)5-8-6-12(2-3-15-8)7-9-11-1-4-16-9/h1,4,8H,2-3,5-7H2,(H,13,14). The van der Waals surface area contributed by atoms with E-state index in [2.05, 4.69) is 9.88 Å². The van der Waals surface area contributed by atoms with Gasteiger partial charge in [-0.15, -0.1) is 11.3 Å². The fourth-order valence-electron chi connectivity index (χ4n) is 1.76. The van der Waals surface area contributed by atoms with Crippen LogP contribution < -0.4 is 0 Å². The molecule has 0 amide bonds. The van der Waals surface area contributed by atoms with Gasteiger partial charge in [-0.05, 0) is 0 Å². The maximum atomic E-state index is 10.6. The summed E-state index contributed by atoms with van der Waals surface area (Å²) in [6.45, 7) is 2.90. The first kappa shape index (κ1) is 11.5. The third-order valence-corrected chi connectivity index (χ3v) is 3.23. The molecule has 2 heterocycles. The van der Waals surface area contributed by atoms with Crippen molar-refractivity contribution in [1.29, 1.82) is 0 Å². The highest BCUT2D eigenvalue weighted by Crippen LogP contribution is 2.13. The minimum absolute atomic E-state index is 0.0777. The van der Waals surface area contributed by atoms with Gasteiger partial charge in [0.1, 0.15) is 5.01 Å². The quantitative estimate of drug-likeness (QED) is 0.847. The number of carboxylic acids is 1. The van der Waals surface area contributed by atoms with Gasteiger partial charge in [0.2, 0.25) is 0 Å². The summed E-state index contributed by atoms with van der Waals surface area (Å²) in [5.74, 6) is -0.805. The van der Waals surface area contributed by atoms with Crippen molar-refractivity contribution >= 4 is 17.3 Å². The Morgan fingerprint density at radius 3 is 3.31 bits per heavy atom. The molecular weight excluding hydrogens is 228 g/mol. The number of carboxylic acid groups (broad SMARTS) is 1. The van der Waals surface area contributed by atoms with Gasteiger partial charge in [-0.3, -0.25) is 9.69 Å². The molecule has 6 heteroatoms. The number of carbonyl (C=O) groups is 1. The van der Waals surface area contributed by atoms with Crippen LogP contribution in [0, 0.1) is 0 Å². The molecule has 0 bridgehead atoms. The van der Waals surface area contributed by atoms with Crippen molar-refractivity contribution in [1.82, 2.24) is 9.88 Å². The summed E-state index contributed by atoms with van der Waals surface area (Å²) in [6.07, 6.45) is 1.68. The maximum Gasteiger partial charge on any atom is 0.306 e. The zero-order valence-corrected chi connectivity index (χ0v) is 9.65. The third-order valence-electron chi connectivity index (χ3n) is 2.47. The third kappa shape index (κ3) is 3.26. The number of aliphatic carboxylic acids is 1. The van der Waals surface area contributed by atoms with Crippen LogP contribution in [0.5, 0.6) is 0 Å². The number of nitrogens with zero attached hydrogens (tertiary/aromatic N) is 2. The van der Waals surface area contributed by atoms with Gasteiger partial charge in [0, 0.05) is 24.7 Å². The van der Waals surface area contributed by atoms with E-state index >= 15 is 0 Å². The van der Waals surface area contributed by atoms with Crippen molar-refractivity contribution < 1.29 is 14.6 Å². The van der Waals surface area contributed by atoms with Crippen LogP contribution >= 0.6 is 11.3 Å². The monoisotopic (exact) mass is 242 g/mol. The van der Waals surface area contributed by atoms with Crippen LogP contribution in [0.25, 0.3) is 0 Å². The molecule has 88 valence electrons. The van der Waals surface area contributed by atoms with E-state index in [9.17, 15) is 4.79 Å². The van der Waals surface area contributed by atoms with Gasteiger partial charge >= 0.3 is 5.97 Å². The molecule has 1 aromatic heterocycles. The van der Waals surface area contributed by atoms with Crippen molar-refractivity contribution in [2.75, 3.05) is 19.7 Å². The molecule has 1 aliphatic heterocycles. The molecule has 0 radical (unpaired) electrons. The van der Waals surface area contributed by atoms with E-state index in [1.165, 1.54) is 0 Å². The summed E-state index contributed by atoms with van der Waals surface area (Å²) in [5.41, 5.74) is 0. The number of aromatic nitrogens is 1. The average molecular weight is 242 g/mol. The largest absolute Gasteiger partial charge is 0.481 e. The van der Waals surface area contributed by atoms with Crippen LogP contribution in [0.15, 0.2) is 11.6 Å². The lowest BCUT2D eigenvalue weighted by Crippen LogP contribution is -2.42. The zero-order valence-electron chi connectivity index (χ0n) is 8.83. The zero-order chi connectivity index (χ0) is 11.4. The van der Waals surface area contributed by atoms with E-state index in [-0.39, 0.29) is 12.5 Å². The van der Waals surface area contributed by atoms with E-state index in [1.54, 1.807) is 17.5 Å². The molecule has 1 atom stereocenters. The Morgan fingerprint density at radius 1 is 1.75 bits per heavy atom. The Hall–Kier alpha value is -0.980. The highest BCUT2D eigenvalue weighted by molar-refractivity contribution is 7.09. The van der Waals surface area contributed by atoms with Crippen molar-refractivity contribution in [2.45, 2.75) is 19.1 Å². The molecule has 1 aromatic rings. The Morgan fingerprint density at radius 2 is 2.62 bits per heavy atom. The number of morpholine rings is 1. The van der Waals surface area contributed by atoms with Gasteiger partial charge < -0.3 is 9.84 Å². The van der Waals surface area contributed by atoms with Crippen molar-refractivity contribution in [2.24, 2.45) is 0 Å². The van der Waals surface area contributed by atoms with E-state index < -0.39 is 5.97 Å². The van der Waals surface area contributed by atoms with Crippen LogP contribution in [0.2, 0.25) is 0 Å². The normalized spacial score (nSPS) is 22.1. The van der Waals surface area contributed by atoms with Gasteiger partial charge in [-0.1, -0.05) is 0 Å². The molecule has 1 unspecified atom stereocenters. The summed E-state index contributed by atoms with van der Waals surface area (Å²) in [7, 11) is 0. The van der Waals surface area contributed by atoms with Crippen LogP contribution in [0.4, 0.5) is 0 Å². The summed E-state index contributed by atoms with van der Waals surface area (Å²) in [6, 6.07) is 0. The number of ether oxygens (including phenoxy) is 1. The van der Waals surface area contributed by atoms with Crippen LogP contribution in [-0.2, 0) is 16.1 Å². The Kier molecular flexibility index (Phi) is 3.87. The first-order valence-corrected chi connectivity index (χ1v) is 6.06. The van der Waals surface area contributed by atoms with E-state index in [0.717, 1.165) is 18.1 Å². The molecule has 1 saturated heterocycles. The molecule has 0 spiro atoms. The number of thiazole rings is 1. The fourth-order valence-corrected chi connectivity index (χ4v) is 2.42. The Balaban J connectivity index is 1.84. The SMILES string of the molecule is O=C(O)CC1CN(Cc2nccs2)CCO1. The lowest BCUT2D eigenvalue weighted by Gasteiger charge is -2.31. The van der Waals surface area contributed by atoms with Crippen molar-refractivity contribution in [3.8, 4) is 0 Å². The molecule has 1 N–H and O–H groups in total. The first-order valence-electron chi connectivity index (χ1n) is 5.18. The highest BCUT2D eigenvalue weighted by Gasteiger charge is 2.22. The van der Waals surface area contributed by atoms with Crippen LogP contribution in [0.1, 0.15) is 11.4 Å². The van der Waals surface area contributed by atoms with E-state index in [1.807, 2.05) is 5.38 Å². The smallest absolute Gasteiger partial charge is 0.306 e. The topological polar surface area (TPSA) is 62.7 Å². The lowest BCUT2D eigenvalue weighted by molar-refractivity contribution is -0.142. The van der Waals surface area contributed by atoms with Crippen LogP contribution in [0.3, 0.4) is 0 Å². The second-order valence-electron chi connectivity index (χ2n) is 3.75. The molecule has 1 fully saturated rings. The molecule has 0 saturated carbocycles. The molecule has 2 rings (SSSR count). The number of hydrogen-bond donors (Lipinski definition) is 1. The second-order valence-corrected chi connectivity index (χ2v) is 4.73. The molecule has 16 heavy (non-hydrogen) atoms. The second kappa shape index (κ2) is 5.38. The van der Waals surface area contributed by atoms with Crippen molar-refractivity contribution in [3.05, 3.63) is 16.6 Å². The molecule has 1 aliphatic rings. The fraction of sp³-hybridized carbons (Fsp3) is 0.600. The van der Waals surface area contributed by atoms with E-state index in [0.29, 0.717) is 13.2 Å². The van der Waals surface area contributed by atoms with Crippen molar-refractivity contribution in [3.63, 3.8) is 0 Å². The molecular formula is C10H14N2O3S.